The molecule has 0 N–H and O–H groups in total. The van der Waals surface area contributed by atoms with Crippen molar-refractivity contribution < 1.29 is 13.9 Å². The van der Waals surface area contributed by atoms with Gasteiger partial charge < -0.3 is 18.8 Å². The second-order valence-corrected chi connectivity index (χ2v) is 7.98. The van der Waals surface area contributed by atoms with E-state index in [0.717, 1.165) is 51.9 Å². The Hall–Kier alpha value is -3.28. The Bertz CT molecular complexity index is 1200. The third-order valence-electron chi connectivity index (χ3n) is 5.93. The highest BCUT2D eigenvalue weighted by molar-refractivity contribution is 6.11. The number of benzene rings is 2. The molecule has 3 heterocycles. The Morgan fingerprint density at radius 3 is 2.53 bits per heavy atom. The summed E-state index contributed by atoms with van der Waals surface area (Å²) in [6.45, 7) is 4.30. The normalized spacial score (nSPS) is 16.9. The fourth-order valence-electron chi connectivity index (χ4n) is 4.43. The zero-order chi connectivity index (χ0) is 20.7. The van der Waals surface area contributed by atoms with Crippen molar-refractivity contribution in [1.29, 1.82) is 0 Å². The van der Waals surface area contributed by atoms with E-state index in [1.165, 1.54) is 12.8 Å². The van der Waals surface area contributed by atoms with Gasteiger partial charge in [0.25, 0.3) is 0 Å². The Morgan fingerprint density at radius 1 is 1.03 bits per heavy atom. The number of aromatic nitrogens is 2. The summed E-state index contributed by atoms with van der Waals surface area (Å²) in [4.78, 5) is 11.7. The summed E-state index contributed by atoms with van der Waals surface area (Å²) in [5.41, 5.74) is 2.70. The van der Waals surface area contributed by atoms with Crippen LogP contribution in [-0.4, -0.2) is 37.3 Å². The minimum atomic E-state index is 0.672. The van der Waals surface area contributed by atoms with Crippen LogP contribution in [0.3, 0.4) is 0 Å². The van der Waals surface area contributed by atoms with E-state index in [1.54, 1.807) is 20.5 Å². The van der Waals surface area contributed by atoms with Crippen molar-refractivity contribution in [2.75, 3.05) is 32.2 Å². The number of methoxy groups -OCH3 is 2. The van der Waals surface area contributed by atoms with Crippen LogP contribution < -0.4 is 14.4 Å². The molecular formula is C24H25N3O3. The van der Waals surface area contributed by atoms with Gasteiger partial charge in [-0.3, -0.25) is 0 Å². The Morgan fingerprint density at radius 2 is 1.80 bits per heavy atom. The first-order chi connectivity index (χ1) is 14.7. The molecule has 0 saturated carbocycles. The standard InChI is InChI=1S/C24H25N3O3/c1-15-5-4-7-27(14-15)24-25-12-18(13-26-24)22-19-11-21(29-3)20(28-2)10-17(19)9-16-6-8-30-23(16)22/h6,8-13,15H,4-5,7,14H2,1-3H3. The van der Waals surface area contributed by atoms with Crippen molar-refractivity contribution >= 4 is 27.7 Å². The quantitative estimate of drug-likeness (QED) is 0.461. The van der Waals surface area contributed by atoms with Crippen LogP contribution in [-0.2, 0) is 0 Å². The highest BCUT2D eigenvalue weighted by Crippen LogP contribution is 2.41. The molecule has 2 aromatic carbocycles. The lowest BCUT2D eigenvalue weighted by Crippen LogP contribution is -2.35. The smallest absolute Gasteiger partial charge is 0.225 e. The molecule has 6 heteroatoms. The molecular weight excluding hydrogens is 378 g/mol. The van der Waals surface area contributed by atoms with Crippen LogP contribution in [0.4, 0.5) is 5.95 Å². The van der Waals surface area contributed by atoms with Gasteiger partial charge in [0.15, 0.2) is 11.5 Å². The second-order valence-electron chi connectivity index (χ2n) is 7.98. The van der Waals surface area contributed by atoms with E-state index >= 15 is 0 Å². The molecule has 0 amide bonds. The summed E-state index contributed by atoms with van der Waals surface area (Å²) in [6.07, 6.45) is 7.96. The van der Waals surface area contributed by atoms with Gasteiger partial charge in [-0.1, -0.05) is 6.92 Å². The fourth-order valence-corrected chi connectivity index (χ4v) is 4.43. The first kappa shape index (κ1) is 18.7. The van der Waals surface area contributed by atoms with Gasteiger partial charge in [-0.15, -0.1) is 0 Å². The first-order valence-corrected chi connectivity index (χ1v) is 10.3. The number of anilines is 1. The van der Waals surface area contributed by atoms with Gasteiger partial charge in [-0.05, 0) is 53.8 Å². The maximum Gasteiger partial charge on any atom is 0.225 e. The third-order valence-corrected chi connectivity index (χ3v) is 5.93. The van der Waals surface area contributed by atoms with E-state index in [2.05, 4.69) is 17.9 Å². The lowest BCUT2D eigenvalue weighted by Gasteiger charge is -2.30. The molecule has 0 bridgehead atoms. The van der Waals surface area contributed by atoms with E-state index in [9.17, 15) is 0 Å². The molecule has 1 aliphatic heterocycles. The van der Waals surface area contributed by atoms with Crippen molar-refractivity contribution in [3.8, 4) is 22.6 Å². The van der Waals surface area contributed by atoms with E-state index in [1.807, 2.05) is 30.6 Å². The van der Waals surface area contributed by atoms with Crippen LogP contribution in [0.25, 0.3) is 32.9 Å². The monoisotopic (exact) mass is 403 g/mol. The molecule has 2 aromatic heterocycles. The zero-order valence-electron chi connectivity index (χ0n) is 17.5. The van der Waals surface area contributed by atoms with Gasteiger partial charge in [0.05, 0.1) is 20.5 Å². The maximum absolute atomic E-state index is 5.86. The predicted octanol–water partition coefficient (Wildman–Crippen LogP) is 5.30. The van der Waals surface area contributed by atoms with Crippen LogP contribution in [0.5, 0.6) is 11.5 Å². The van der Waals surface area contributed by atoms with Gasteiger partial charge in [0, 0.05) is 42.0 Å². The van der Waals surface area contributed by atoms with Crippen molar-refractivity contribution in [3.05, 3.63) is 42.9 Å². The number of hydrogen-bond acceptors (Lipinski definition) is 6. The summed E-state index contributed by atoms with van der Waals surface area (Å²) in [5, 5.41) is 3.09. The Kier molecular flexibility index (Phi) is 4.69. The largest absolute Gasteiger partial charge is 0.493 e. The zero-order valence-corrected chi connectivity index (χ0v) is 17.5. The summed E-state index contributed by atoms with van der Waals surface area (Å²) in [7, 11) is 3.29. The Balaban J connectivity index is 1.65. The topological polar surface area (TPSA) is 60.6 Å². The number of piperidine rings is 1. The third kappa shape index (κ3) is 3.12. The minimum absolute atomic E-state index is 0.672. The van der Waals surface area contributed by atoms with Crippen LogP contribution in [0.15, 0.2) is 47.3 Å². The fraction of sp³-hybridized carbons (Fsp3) is 0.333. The van der Waals surface area contributed by atoms with Crippen LogP contribution in [0.1, 0.15) is 19.8 Å². The van der Waals surface area contributed by atoms with E-state index < -0.39 is 0 Å². The molecule has 1 fully saturated rings. The molecule has 154 valence electrons. The van der Waals surface area contributed by atoms with Gasteiger partial charge >= 0.3 is 0 Å². The summed E-state index contributed by atoms with van der Waals surface area (Å²) in [5.74, 6) is 2.84. The summed E-state index contributed by atoms with van der Waals surface area (Å²) >= 11 is 0. The molecule has 30 heavy (non-hydrogen) atoms. The molecule has 5 rings (SSSR count). The molecule has 0 spiro atoms. The molecule has 6 nitrogen and oxygen atoms in total. The average Bonchev–Trinajstić information content (AvgIpc) is 3.24. The van der Waals surface area contributed by atoms with Gasteiger partial charge in [0.2, 0.25) is 5.95 Å². The van der Waals surface area contributed by atoms with E-state index in [4.69, 9.17) is 23.9 Å². The van der Waals surface area contributed by atoms with Gasteiger partial charge in [-0.2, -0.15) is 0 Å². The van der Waals surface area contributed by atoms with Crippen molar-refractivity contribution in [1.82, 2.24) is 9.97 Å². The van der Waals surface area contributed by atoms with Crippen molar-refractivity contribution in [2.24, 2.45) is 5.92 Å². The van der Waals surface area contributed by atoms with Gasteiger partial charge in [-0.25, -0.2) is 9.97 Å². The predicted molar refractivity (Wildman–Crippen MR) is 118 cm³/mol. The number of fused-ring (bicyclic) bond motifs is 2. The van der Waals surface area contributed by atoms with Crippen molar-refractivity contribution in [2.45, 2.75) is 19.8 Å². The Labute approximate surface area is 175 Å². The number of furan rings is 1. The molecule has 1 aliphatic rings. The molecule has 1 saturated heterocycles. The maximum atomic E-state index is 5.86. The average molecular weight is 403 g/mol. The van der Waals surface area contributed by atoms with Crippen LogP contribution in [0.2, 0.25) is 0 Å². The molecule has 1 atom stereocenters. The van der Waals surface area contributed by atoms with Crippen LogP contribution in [0, 0.1) is 5.92 Å². The minimum Gasteiger partial charge on any atom is -0.493 e. The highest BCUT2D eigenvalue weighted by atomic mass is 16.5. The summed E-state index contributed by atoms with van der Waals surface area (Å²) < 4.78 is 16.9. The molecule has 0 aliphatic carbocycles. The number of rotatable bonds is 4. The second kappa shape index (κ2) is 7.52. The molecule has 1 unspecified atom stereocenters. The van der Waals surface area contributed by atoms with Crippen LogP contribution >= 0.6 is 0 Å². The lowest BCUT2D eigenvalue weighted by molar-refractivity contribution is 0.356. The number of nitrogens with zero attached hydrogens (tertiary/aromatic N) is 3. The van der Waals surface area contributed by atoms with E-state index in [-0.39, 0.29) is 0 Å². The SMILES string of the molecule is COc1cc2cc3ccoc3c(-c3cnc(N4CCCC(C)C4)nc3)c2cc1OC. The number of ether oxygens (including phenoxy) is 2. The summed E-state index contributed by atoms with van der Waals surface area (Å²) in [6, 6.07) is 8.06. The lowest BCUT2D eigenvalue weighted by atomic mass is 9.97. The van der Waals surface area contributed by atoms with E-state index in [0.29, 0.717) is 17.4 Å². The first-order valence-electron chi connectivity index (χ1n) is 10.3. The highest BCUT2D eigenvalue weighted by Gasteiger charge is 2.20. The molecule has 4 aromatic rings. The number of hydrogen-bond donors (Lipinski definition) is 0. The van der Waals surface area contributed by atoms with Crippen molar-refractivity contribution in [3.63, 3.8) is 0 Å². The molecule has 0 radical (unpaired) electrons. The van der Waals surface area contributed by atoms with Gasteiger partial charge in [0.1, 0.15) is 5.58 Å².